The number of hydrogen-bond acceptors (Lipinski definition) is 6. The van der Waals surface area contributed by atoms with Crippen molar-refractivity contribution in [2.45, 2.75) is 38.8 Å². The number of carbonyl (C=O) groups is 1. The molecule has 0 bridgehead atoms. The van der Waals surface area contributed by atoms with Crippen LogP contribution in [0.2, 0.25) is 0 Å². The monoisotopic (exact) mass is 439 g/mol. The quantitative estimate of drug-likeness (QED) is 0.612. The average molecular weight is 440 g/mol. The molecule has 1 unspecified atom stereocenters. The van der Waals surface area contributed by atoms with E-state index in [0.29, 0.717) is 44.0 Å². The van der Waals surface area contributed by atoms with Gasteiger partial charge in [-0.2, -0.15) is 4.31 Å². The molecule has 0 spiro atoms. The molecule has 0 aromatic heterocycles. The third-order valence-corrected chi connectivity index (χ3v) is 7.92. The summed E-state index contributed by atoms with van der Waals surface area (Å²) in [4.78, 5) is 17.2. The van der Waals surface area contributed by atoms with Crippen molar-refractivity contribution in [3.63, 3.8) is 0 Å². The molecule has 0 radical (unpaired) electrons. The highest BCUT2D eigenvalue weighted by Gasteiger charge is 2.40. The molecule has 1 amide bonds. The fourth-order valence-corrected chi connectivity index (χ4v) is 6.01. The van der Waals surface area contributed by atoms with Gasteiger partial charge in [0.2, 0.25) is 15.9 Å². The number of ether oxygens (including phenoxy) is 2. The summed E-state index contributed by atoms with van der Waals surface area (Å²) in [5.74, 6) is 1.47. The molecule has 2 saturated heterocycles. The summed E-state index contributed by atoms with van der Waals surface area (Å²) in [7, 11) is -0.112. The van der Waals surface area contributed by atoms with E-state index in [4.69, 9.17) is 9.47 Å². The summed E-state index contributed by atoms with van der Waals surface area (Å²) in [6, 6.07) is 5.37. The number of carbonyl (C=O) groups excluding carboxylic acids is 1. The van der Waals surface area contributed by atoms with Gasteiger partial charge in [0.25, 0.3) is 0 Å². The second-order valence-corrected chi connectivity index (χ2v) is 9.92. The Bertz CT molecular complexity index is 837. The summed E-state index contributed by atoms with van der Waals surface area (Å²) >= 11 is 0. The minimum Gasteiger partial charge on any atom is -0.493 e. The van der Waals surface area contributed by atoms with E-state index in [1.807, 2.05) is 30.0 Å². The van der Waals surface area contributed by atoms with Crippen molar-refractivity contribution in [3.05, 3.63) is 23.8 Å². The SMILES string of the molecule is CCCS(=O)(=O)N1CCCC1C(=O)N1CCN(Cc2ccc(OC)c(OC)c2)CC1. The maximum Gasteiger partial charge on any atom is 0.241 e. The van der Waals surface area contributed by atoms with Crippen molar-refractivity contribution in [2.75, 3.05) is 52.7 Å². The van der Waals surface area contributed by atoms with E-state index in [1.54, 1.807) is 14.2 Å². The fourth-order valence-electron chi connectivity index (χ4n) is 4.27. The van der Waals surface area contributed by atoms with Crippen molar-refractivity contribution in [1.29, 1.82) is 0 Å². The highest BCUT2D eigenvalue weighted by Crippen LogP contribution is 2.28. The number of methoxy groups -OCH3 is 2. The normalized spacial score (nSPS) is 21.0. The maximum absolute atomic E-state index is 13.1. The zero-order valence-corrected chi connectivity index (χ0v) is 19.0. The van der Waals surface area contributed by atoms with Crippen LogP contribution in [0.5, 0.6) is 11.5 Å². The lowest BCUT2D eigenvalue weighted by Crippen LogP contribution is -2.54. The van der Waals surface area contributed by atoms with Gasteiger partial charge in [0, 0.05) is 39.3 Å². The van der Waals surface area contributed by atoms with Gasteiger partial charge >= 0.3 is 0 Å². The Hall–Kier alpha value is -1.84. The predicted octanol–water partition coefficient (Wildman–Crippen LogP) is 1.55. The highest BCUT2D eigenvalue weighted by molar-refractivity contribution is 7.89. The molecule has 3 rings (SSSR count). The summed E-state index contributed by atoms with van der Waals surface area (Å²) in [6.07, 6.45) is 1.93. The Morgan fingerprint density at radius 2 is 1.77 bits per heavy atom. The van der Waals surface area contributed by atoms with Crippen LogP contribution in [0.25, 0.3) is 0 Å². The van der Waals surface area contributed by atoms with Crippen LogP contribution in [0.1, 0.15) is 31.7 Å². The minimum absolute atomic E-state index is 0.0436. The molecule has 30 heavy (non-hydrogen) atoms. The van der Waals surface area contributed by atoms with Crippen LogP contribution in [-0.4, -0.2) is 87.2 Å². The number of hydrogen-bond donors (Lipinski definition) is 0. The van der Waals surface area contributed by atoms with Gasteiger partial charge in [-0.25, -0.2) is 8.42 Å². The summed E-state index contributed by atoms with van der Waals surface area (Å²) < 4.78 is 37.1. The van der Waals surface area contributed by atoms with Crippen molar-refractivity contribution in [3.8, 4) is 11.5 Å². The Labute approximate surface area is 179 Å². The van der Waals surface area contributed by atoms with E-state index in [1.165, 1.54) is 4.31 Å². The number of benzene rings is 1. The van der Waals surface area contributed by atoms with Gasteiger partial charge in [-0.05, 0) is 37.0 Å². The van der Waals surface area contributed by atoms with Gasteiger partial charge in [0.05, 0.1) is 20.0 Å². The van der Waals surface area contributed by atoms with E-state index in [9.17, 15) is 13.2 Å². The smallest absolute Gasteiger partial charge is 0.241 e. The number of nitrogens with zero attached hydrogens (tertiary/aromatic N) is 3. The topological polar surface area (TPSA) is 79.4 Å². The first kappa shape index (κ1) is 22.8. The Morgan fingerprint density at radius 3 is 2.40 bits per heavy atom. The summed E-state index contributed by atoms with van der Waals surface area (Å²) in [5, 5.41) is 0. The Balaban J connectivity index is 1.57. The lowest BCUT2D eigenvalue weighted by Gasteiger charge is -2.37. The molecule has 1 aromatic carbocycles. The van der Waals surface area contributed by atoms with E-state index < -0.39 is 16.1 Å². The van der Waals surface area contributed by atoms with Crippen molar-refractivity contribution in [1.82, 2.24) is 14.1 Å². The molecule has 0 N–H and O–H groups in total. The van der Waals surface area contributed by atoms with Crippen LogP contribution in [0.15, 0.2) is 18.2 Å². The van der Waals surface area contributed by atoms with Crippen LogP contribution in [0, 0.1) is 0 Å². The van der Waals surface area contributed by atoms with E-state index in [0.717, 1.165) is 31.6 Å². The average Bonchev–Trinajstić information content (AvgIpc) is 3.24. The van der Waals surface area contributed by atoms with Crippen LogP contribution in [0.3, 0.4) is 0 Å². The number of sulfonamides is 1. The Morgan fingerprint density at radius 1 is 1.07 bits per heavy atom. The van der Waals surface area contributed by atoms with Gasteiger partial charge in [-0.3, -0.25) is 9.69 Å². The van der Waals surface area contributed by atoms with E-state index in [-0.39, 0.29) is 11.7 Å². The minimum atomic E-state index is -3.35. The number of amides is 1. The number of piperazine rings is 1. The second-order valence-electron chi connectivity index (χ2n) is 7.88. The third-order valence-electron chi connectivity index (χ3n) is 5.85. The standard InChI is InChI=1S/C21H33N3O5S/c1-4-14-30(26,27)24-9-5-6-18(24)21(25)23-12-10-22(11-13-23)16-17-7-8-19(28-2)20(15-17)29-3/h7-8,15,18H,4-6,9-14,16H2,1-3H3. The first-order chi connectivity index (χ1) is 14.4. The molecule has 168 valence electrons. The van der Waals surface area contributed by atoms with Crippen molar-refractivity contribution < 1.29 is 22.7 Å². The van der Waals surface area contributed by atoms with Crippen LogP contribution < -0.4 is 9.47 Å². The molecule has 0 saturated carbocycles. The summed E-state index contributed by atoms with van der Waals surface area (Å²) in [6.45, 7) is 5.82. The van der Waals surface area contributed by atoms with Crippen LogP contribution >= 0.6 is 0 Å². The number of rotatable bonds is 8. The lowest BCUT2D eigenvalue weighted by molar-refractivity contribution is -0.136. The zero-order chi connectivity index (χ0) is 21.7. The second kappa shape index (κ2) is 9.98. The van der Waals surface area contributed by atoms with Crippen LogP contribution in [-0.2, 0) is 21.4 Å². The third kappa shape index (κ3) is 5.07. The molecule has 0 aliphatic carbocycles. The Kier molecular flexibility index (Phi) is 7.60. The van der Waals surface area contributed by atoms with E-state index >= 15 is 0 Å². The highest BCUT2D eigenvalue weighted by atomic mass is 32.2. The van der Waals surface area contributed by atoms with Gasteiger partial charge in [0.1, 0.15) is 6.04 Å². The molecular weight excluding hydrogens is 406 g/mol. The predicted molar refractivity (Wildman–Crippen MR) is 115 cm³/mol. The van der Waals surface area contributed by atoms with Gasteiger partial charge in [0.15, 0.2) is 11.5 Å². The molecule has 2 heterocycles. The van der Waals surface area contributed by atoms with Crippen molar-refractivity contribution >= 4 is 15.9 Å². The molecular formula is C21H33N3O5S. The van der Waals surface area contributed by atoms with Gasteiger partial charge in [-0.15, -0.1) is 0 Å². The molecule has 2 aliphatic heterocycles. The fraction of sp³-hybridized carbons (Fsp3) is 0.667. The zero-order valence-electron chi connectivity index (χ0n) is 18.2. The molecule has 8 nitrogen and oxygen atoms in total. The lowest BCUT2D eigenvalue weighted by atomic mass is 10.1. The molecule has 1 aromatic rings. The molecule has 1 atom stereocenters. The van der Waals surface area contributed by atoms with E-state index in [2.05, 4.69) is 4.90 Å². The first-order valence-corrected chi connectivity index (χ1v) is 12.2. The van der Waals surface area contributed by atoms with Gasteiger partial charge in [-0.1, -0.05) is 13.0 Å². The van der Waals surface area contributed by atoms with Crippen molar-refractivity contribution in [2.24, 2.45) is 0 Å². The van der Waals surface area contributed by atoms with Gasteiger partial charge < -0.3 is 14.4 Å². The van der Waals surface area contributed by atoms with Crippen LogP contribution in [0.4, 0.5) is 0 Å². The molecule has 2 aliphatic rings. The first-order valence-electron chi connectivity index (χ1n) is 10.6. The summed E-state index contributed by atoms with van der Waals surface area (Å²) in [5.41, 5.74) is 1.13. The largest absolute Gasteiger partial charge is 0.493 e. The maximum atomic E-state index is 13.1. The molecule has 2 fully saturated rings. The molecule has 9 heteroatoms.